The van der Waals surface area contributed by atoms with E-state index in [0.717, 1.165) is 15.9 Å². The van der Waals surface area contributed by atoms with Gasteiger partial charge >= 0.3 is 0 Å². The van der Waals surface area contributed by atoms with Crippen molar-refractivity contribution in [2.75, 3.05) is 18.0 Å². The van der Waals surface area contributed by atoms with E-state index in [1.54, 1.807) is 48.5 Å². The van der Waals surface area contributed by atoms with Gasteiger partial charge in [-0.1, -0.05) is 15.9 Å². The van der Waals surface area contributed by atoms with Crippen LogP contribution in [0.25, 0.3) is 0 Å². The summed E-state index contributed by atoms with van der Waals surface area (Å²) in [5, 5.41) is 0. The molecule has 0 fully saturated rings. The second kappa shape index (κ2) is 8.65. The molecule has 158 valence electrons. The van der Waals surface area contributed by atoms with Gasteiger partial charge in [0.1, 0.15) is 5.75 Å². The summed E-state index contributed by atoms with van der Waals surface area (Å²) in [4.78, 5) is 12.7. The molecule has 3 aromatic rings. The molecule has 6 nitrogen and oxygen atoms in total. The number of Topliss-reactive ketones (excluding diaryl/α,β-unsaturated/α-hetero) is 1. The maximum absolute atomic E-state index is 12.8. The Balaban J connectivity index is 1.69. The molecule has 0 saturated carbocycles. The lowest BCUT2D eigenvalue weighted by molar-refractivity contribution is 0.0921. The van der Waals surface area contributed by atoms with E-state index in [2.05, 4.69) is 15.9 Å². The Kier molecular flexibility index (Phi) is 6.38. The van der Waals surface area contributed by atoms with Crippen molar-refractivity contribution in [1.82, 2.24) is 4.57 Å². The highest BCUT2D eigenvalue weighted by atomic mass is 79.9. The van der Waals surface area contributed by atoms with Gasteiger partial charge in [-0.05, 0) is 68.4 Å². The van der Waals surface area contributed by atoms with Gasteiger partial charge in [-0.25, -0.2) is 8.42 Å². The Hall–Kier alpha value is -2.58. The van der Waals surface area contributed by atoms with E-state index in [4.69, 9.17) is 4.74 Å². The normalized spacial score (nSPS) is 11.4. The number of ketones is 1. The first-order valence-corrected chi connectivity index (χ1v) is 11.5. The third-order valence-electron chi connectivity index (χ3n) is 5.12. The summed E-state index contributed by atoms with van der Waals surface area (Å²) in [6, 6.07) is 14.9. The zero-order valence-corrected chi connectivity index (χ0v) is 19.6. The van der Waals surface area contributed by atoms with Gasteiger partial charge in [-0.3, -0.25) is 9.10 Å². The molecule has 0 saturated heterocycles. The van der Waals surface area contributed by atoms with Gasteiger partial charge in [-0.15, -0.1) is 0 Å². The van der Waals surface area contributed by atoms with E-state index in [1.807, 2.05) is 31.5 Å². The number of ether oxygens (including phenoxy) is 1. The van der Waals surface area contributed by atoms with E-state index in [9.17, 15) is 13.2 Å². The number of halogens is 1. The molecule has 0 unspecified atom stereocenters. The van der Waals surface area contributed by atoms with Crippen LogP contribution in [0.3, 0.4) is 0 Å². The summed E-state index contributed by atoms with van der Waals surface area (Å²) in [6.07, 6.45) is 0. The number of carbonyl (C=O) groups is 1. The zero-order chi connectivity index (χ0) is 22.1. The minimum atomic E-state index is -3.67. The average Bonchev–Trinajstić information content (AvgIpc) is 2.99. The minimum absolute atomic E-state index is 0.0866. The lowest BCUT2D eigenvalue weighted by atomic mass is 10.1. The predicted octanol–water partition coefficient (Wildman–Crippen LogP) is 4.49. The van der Waals surface area contributed by atoms with Crippen molar-refractivity contribution in [2.45, 2.75) is 18.7 Å². The molecule has 0 aliphatic carbocycles. The fraction of sp³-hybridized carbons (Fsp3) is 0.227. The highest BCUT2D eigenvalue weighted by Crippen LogP contribution is 2.25. The van der Waals surface area contributed by atoms with Crippen LogP contribution in [0.2, 0.25) is 0 Å². The largest absolute Gasteiger partial charge is 0.485 e. The Bertz CT molecular complexity index is 1170. The zero-order valence-electron chi connectivity index (χ0n) is 17.2. The van der Waals surface area contributed by atoms with Crippen LogP contribution in [0.5, 0.6) is 5.75 Å². The number of aryl methyl sites for hydroxylation is 1. The van der Waals surface area contributed by atoms with Gasteiger partial charge in [0.05, 0.1) is 10.6 Å². The quantitative estimate of drug-likeness (QED) is 0.457. The lowest BCUT2D eigenvalue weighted by Crippen LogP contribution is -2.26. The average molecular weight is 491 g/mol. The van der Waals surface area contributed by atoms with Gasteiger partial charge < -0.3 is 9.30 Å². The van der Waals surface area contributed by atoms with E-state index in [1.165, 1.54) is 11.4 Å². The summed E-state index contributed by atoms with van der Waals surface area (Å²) in [7, 11) is -0.261. The van der Waals surface area contributed by atoms with Gasteiger partial charge in [-0.2, -0.15) is 0 Å². The number of benzene rings is 2. The fourth-order valence-corrected chi connectivity index (χ4v) is 4.48. The molecule has 1 aromatic heterocycles. The van der Waals surface area contributed by atoms with E-state index < -0.39 is 10.0 Å². The van der Waals surface area contributed by atoms with Gasteiger partial charge in [0.25, 0.3) is 10.0 Å². The Labute approximate surface area is 185 Å². The summed E-state index contributed by atoms with van der Waals surface area (Å²) < 4.78 is 35.2. The first-order valence-electron chi connectivity index (χ1n) is 9.24. The molecular weight excluding hydrogens is 468 g/mol. The van der Waals surface area contributed by atoms with Crippen LogP contribution in [0.1, 0.15) is 21.7 Å². The Morgan fingerprint density at radius 2 is 1.67 bits per heavy atom. The highest BCUT2D eigenvalue weighted by Gasteiger charge is 2.21. The maximum Gasteiger partial charge on any atom is 0.264 e. The van der Waals surface area contributed by atoms with E-state index in [-0.39, 0.29) is 17.3 Å². The minimum Gasteiger partial charge on any atom is -0.485 e. The molecule has 30 heavy (non-hydrogen) atoms. The maximum atomic E-state index is 12.8. The Morgan fingerprint density at radius 1 is 1.07 bits per heavy atom. The van der Waals surface area contributed by atoms with E-state index in [0.29, 0.717) is 17.0 Å². The first kappa shape index (κ1) is 22.1. The number of nitrogens with zero attached hydrogens (tertiary/aromatic N) is 2. The van der Waals surface area contributed by atoms with Crippen molar-refractivity contribution in [3.8, 4) is 5.75 Å². The second-order valence-corrected chi connectivity index (χ2v) is 9.86. The number of aromatic nitrogens is 1. The standard InChI is InChI=1S/C22H23BrN2O4S/c1-15-13-21(16(2)24(15)3)22(26)14-29-19-9-7-18(8-10-19)25(4)30(27,28)20-11-5-17(23)6-12-20/h5-13H,14H2,1-4H3. The molecule has 3 rings (SSSR count). The number of rotatable bonds is 7. The third kappa shape index (κ3) is 4.44. The summed E-state index contributed by atoms with van der Waals surface area (Å²) >= 11 is 3.30. The molecule has 0 aliphatic heterocycles. The number of hydrogen-bond donors (Lipinski definition) is 0. The molecule has 1 heterocycles. The summed E-state index contributed by atoms with van der Waals surface area (Å²) in [5.41, 5.74) is 3.05. The van der Waals surface area contributed by atoms with Crippen LogP contribution < -0.4 is 9.04 Å². The number of carbonyl (C=O) groups excluding carboxylic acids is 1. The van der Waals surface area contributed by atoms with Gasteiger partial charge in [0.15, 0.2) is 6.61 Å². The first-order chi connectivity index (χ1) is 14.1. The molecule has 0 spiro atoms. The fourth-order valence-electron chi connectivity index (χ4n) is 3.02. The summed E-state index contributed by atoms with van der Waals surface area (Å²) in [5.74, 6) is 0.391. The van der Waals surface area contributed by atoms with Crippen molar-refractivity contribution in [2.24, 2.45) is 7.05 Å². The third-order valence-corrected chi connectivity index (χ3v) is 7.45. The topological polar surface area (TPSA) is 68.6 Å². The van der Waals surface area contributed by atoms with Gasteiger partial charge in [0, 0.05) is 35.5 Å². The molecule has 0 bridgehead atoms. The molecule has 0 N–H and O–H groups in total. The summed E-state index contributed by atoms with van der Waals surface area (Å²) in [6.45, 7) is 3.76. The Morgan fingerprint density at radius 3 is 2.20 bits per heavy atom. The van der Waals surface area contributed by atoms with Crippen LogP contribution in [0.4, 0.5) is 5.69 Å². The lowest BCUT2D eigenvalue weighted by Gasteiger charge is -2.20. The molecular formula is C22H23BrN2O4S. The molecule has 2 aromatic carbocycles. The predicted molar refractivity (Wildman–Crippen MR) is 121 cm³/mol. The SMILES string of the molecule is Cc1cc(C(=O)COc2ccc(N(C)S(=O)(=O)c3ccc(Br)cc3)cc2)c(C)n1C. The van der Waals surface area contributed by atoms with Crippen LogP contribution in [-0.4, -0.2) is 32.4 Å². The van der Waals surface area contributed by atoms with Crippen LogP contribution >= 0.6 is 15.9 Å². The number of sulfonamides is 1. The monoisotopic (exact) mass is 490 g/mol. The second-order valence-electron chi connectivity index (χ2n) is 6.98. The van der Waals surface area contributed by atoms with E-state index >= 15 is 0 Å². The molecule has 0 amide bonds. The number of hydrogen-bond acceptors (Lipinski definition) is 4. The molecule has 0 atom stereocenters. The van der Waals surface area contributed by atoms with Crippen molar-refractivity contribution in [1.29, 1.82) is 0 Å². The highest BCUT2D eigenvalue weighted by molar-refractivity contribution is 9.10. The molecule has 8 heteroatoms. The molecule has 0 radical (unpaired) electrons. The van der Waals surface area contributed by atoms with Crippen LogP contribution in [-0.2, 0) is 17.1 Å². The van der Waals surface area contributed by atoms with Gasteiger partial charge in [0.2, 0.25) is 5.78 Å². The number of anilines is 1. The van der Waals surface area contributed by atoms with Crippen LogP contribution in [0.15, 0.2) is 64.0 Å². The van der Waals surface area contributed by atoms with Crippen molar-refractivity contribution in [3.63, 3.8) is 0 Å². The van der Waals surface area contributed by atoms with Crippen molar-refractivity contribution < 1.29 is 17.9 Å². The molecule has 0 aliphatic rings. The van der Waals surface area contributed by atoms with Crippen molar-refractivity contribution in [3.05, 3.63) is 76.0 Å². The smallest absolute Gasteiger partial charge is 0.264 e. The van der Waals surface area contributed by atoms with Crippen LogP contribution in [0, 0.1) is 13.8 Å². The van der Waals surface area contributed by atoms with Crippen molar-refractivity contribution >= 4 is 37.4 Å².